The second-order valence-electron chi connectivity index (χ2n) is 4.76. The molecule has 2 N–H and O–H groups in total. The first-order valence-corrected chi connectivity index (χ1v) is 5.54. The second kappa shape index (κ2) is 5.12. The molecule has 16 heavy (non-hydrogen) atoms. The van der Waals surface area contributed by atoms with Gasteiger partial charge in [-0.05, 0) is 20.3 Å². The Bertz CT molecular complexity index is 251. The monoisotopic (exact) mass is 232 g/mol. The van der Waals surface area contributed by atoms with Gasteiger partial charge in [0.2, 0.25) is 0 Å². The molecule has 0 bridgehead atoms. The Morgan fingerprint density at radius 3 is 2.69 bits per heavy atom. The van der Waals surface area contributed by atoms with Gasteiger partial charge in [-0.25, -0.2) is 4.79 Å². The van der Waals surface area contributed by atoms with E-state index in [0.29, 0.717) is 25.9 Å². The highest BCUT2D eigenvalue weighted by atomic mass is 16.5. The van der Waals surface area contributed by atoms with Crippen LogP contribution in [0.15, 0.2) is 0 Å². The molecule has 94 valence electrons. The van der Waals surface area contributed by atoms with Crippen molar-refractivity contribution in [1.82, 2.24) is 0 Å². The lowest BCUT2D eigenvalue weighted by atomic mass is 9.84. The fourth-order valence-electron chi connectivity index (χ4n) is 2.02. The molecule has 0 aliphatic carbocycles. The van der Waals surface area contributed by atoms with Crippen molar-refractivity contribution in [1.29, 1.82) is 0 Å². The lowest BCUT2D eigenvalue weighted by Crippen LogP contribution is -2.52. The fraction of sp³-hybridized carbons (Fsp3) is 0.909. The summed E-state index contributed by atoms with van der Waals surface area (Å²) in [5, 5.41) is 17.9. The van der Waals surface area contributed by atoms with Gasteiger partial charge in [0, 0.05) is 19.4 Å². The van der Waals surface area contributed by atoms with E-state index in [4.69, 9.17) is 14.6 Å². The molecule has 1 fully saturated rings. The van der Waals surface area contributed by atoms with Crippen LogP contribution < -0.4 is 0 Å². The molecule has 0 aromatic carbocycles. The molecule has 0 radical (unpaired) electrons. The van der Waals surface area contributed by atoms with Gasteiger partial charge in [0.05, 0.1) is 18.8 Å². The summed E-state index contributed by atoms with van der Waals surface area (Å²) < 4.78 is 11.0. The number of carboxylic acids is 1. The van der Waals surface area contributed by atoms with Crippen LogP contribution in [0.2, 0.25) is 0 Å². The molecule has 1 saturated heterocycles. The van der Waals surface area contributed by atoms with Crippen molar-refractivity contribution in [2.45, 2.75) is 44.3 Å². The molecular formula is C11H20O5. The zero-order chi connectivity index (χ0) is 12.2. The van der Waals surface area contributed by atoms with E-state index >= 15 is 0 Å². The number of aliphatic hydroxyl groups is 1. The van der Waals surface area contributed by atoms with Gasteiger partial charge < -0.3 is 19.7 Å². The minimum atomic E-state index is -1.16. The summed E-state index contributed by atoms with van der Waals surface area (Å²) >= 11 is 0. The lowest BCUT2D eigenvalue weighted by Gasteiger charge is -2.41. The van der Waals surface area contributed by atoms with Crippen LogP contribution in [0.25, 0.3) is 0 Å². The predicted molar refractivity (Wildman–Crippen MR) is 57.3 cm³/mol. The third kappa shape index (κ3) is 3.17. The van der Waals surface area contributed by atoms with Crippen molar-refractivity contribution in [3.63, 3.8) is 0 Å². The molecule has 0 aromatic rings. The van der Waals surface area contributed by atoms with Crippen molar-refractivity contribution < 1.29 is 24.5 Å². The molecule has 0 amide bonds. The van der Waals surface area contributed by atoms with E-state index in [1.54, 1.807) is 0 Å². The molecule has 5 nitrogen and oxygen atoms in total. The van der Waals surface area contributed by atoms with E-state index in [9.17, 15) is 9.90 Å². The fourth-order valence-corrected chi connectivity index (χ4v) is 2.02. The zero-order valence-electron chi connectivity index (χ0n) is 9.86. The highest BCUT2D eigenvalue weighted by molar-refractivity contribution is 5.77. The first-order chi connectivity index (χ1) is 7.42. The molecule has 1 rings (SSSR count). The van der Waals surface area contributed by atoms with Crippen LogP contribution in [-0.4, -0.2) is 47.2 Å². The van der Waals surface area contributed by atoms with Gasteiger partial charge in [0.15, 0.2) is 5.60 Å². The number of carboxylic acid groups (broad SMARTS) is 1. The molecular weight excluding hydrogens is 212 g/mol. The third-order valence-corrected chi connectivity index (χ3v) is 2.78. The van der Waals surface area contributed by atoms with Crippen molar-refractivity contribution in [3.05, 3.63) is 0 Å². The summed E-state index contributed by atoms with van der Waals surface area (Å²) in [6.07, 6.45) is 1.15. The number of aliphatic hydroxyl groups excluding tert-OH is 1. The molecule has 1 heterocycles. The maximum atomic E-state index is 11.3. The maximum absolute atomic E-state index is 11.3. The highest BCUT2D eigenvalue weighted by Crippen LogP contribution is 2.35. The maximum Gasteiger partial charge on any atom is 0.336 e. The van der Waals surface area contributed by atoms with E-state index in [2.05, 4.69) is 0 Å². The van der Waals surface area contributed by atoms with Crippen molar-refractivity contribution in [3.8, 4) is 0 Å². The van der Waals surface area contributed by atoms with Crippen LogP contribution in [0.3, 0.4) is 0 Å². The summed E-state index contributed by atoms with van der Waals surface area (Å²) in [5.41, 5.74) is -1.63. The van der Waals surface area contributed by atoms with Crippen molar-refractivity contribution >= 4 is 5.97 Å². The lowest BCUT2D eigenvalue weighted by molar-refractivity contribution is -0.198. The van der Waals surface area contributed by atoms with Crippen molar-refractivity contribution in [2.75, 3.05) is 19.8 Å². The van der Waals surface area contributed by atoms with Crippen LogP contribution in [0, 0.1) is 0 Å². The van der Waals surface area contributed by atoms with Crippen molar-refractivity contribution in [2.24, 2.45) is 0 Å². The number of ether oxygens (including phenoxy) is 2. The number of aliphatic carboxylic acids is 1. The Kier molecular flexibility index (Phi) is 4.29. The van der Waals surface area contributed by atoms with Crippen LogP contribution >= 0.6 is 0 Å². The first-order valence-electron chi connectivity index (χ1n) is 5.54. The quantitative estimate of drug-likeness (QED) is 0.686. The largest absolute Gasteiger partial charge is 0.479 e. The summed E-state index contributed by atoms with van der Waals surface area (Å²) in [4.78, 5) is 11.3. The Labute approximate surface area is 95.4 Å². The number of carbonyl (C=O) groups is 1. The molecule has 0 aromatic heterocycles. The summed E-state index contributed by atoms with van der Waals surface area (Å²) in [5.74, 6) is -0.943. The van der Waals surface area contributed by atoms with Gasteiger partial charge in [-0.15, -0.1) is 0 Å². The topological polar surface area (TPSA) is 76.0 Å². The van der Waals surface area contributed by atoms with Crippen LogP contribution in [0.4, 0.5) is 0 Å². The van der Waals surface area contributed by atoms with Gasteiger partial charge >= 0.3 is 5.97 Å². The van der Waals surface area contributed by atoms with E-state index in [0.717, 1.165) is 0 Å². The van der Waals surface area contributed by atoms with Gasteiger partial charge in [-0.1, -0.05) is 0 Å². The van der Waals surface area contributed by atoms with E-state index in [1.807, 2.05) is 13.8 Å². The summed E-state index contributed by atoms with van der Waals surface area (Å²) in [6, 6.07) is 0. The second-order valence-corrected chi connectivity index (χ2v) is 4.76. The van der Waals surface area contributed by atoms with Crippen LogP contribution in [0.1, 0.15) is 33.1 Å². The molecule has 5 heteroatoms. The van der Waals surface area contributed by atoms with E-state index in [1.165, 1.54) is 0 Å². The number of hydrogen-bond donors (Lipinski definition) is 2. The first kappa shape index (κ1) is 13.4. The smallest absolute Gasteiger partial charge is 0.336 e. The average molecular weight is 232 g/mol. The number of hydrogen-bond acceptors (Lipinski definition) is 4. The van der Waals surface area contributed by atoms with Gasteiger partial charge in [0.1, 0.15) is 0 Å². The summed E-state index contributed by atoms with van der Waals surface area (Å²) in [6.45, 7) is 4.38. The van der Waals surface area contributed by atoms with Gasteiger partial charge in [-0.2, -0.15) is 0 Å². The van der Waals surface area contributed by atoms with E-state index in [-0.39, 0.29) is 13.2 Å². The molecule has 1 atom stereocenters. The average Bonchev–Trinajstić information content (AvgIpc) is 2.16. The minimum absolute atomic E-state index is 0.00952. The number of rotatable bonds is 5. The van der Waals surface area contributed by atoms with Crippen LogP contribution in [0.5, 0.6) is 0 Å². The predicted octanol–water partition coefficient (Wildman–Crippen LogP) is 0.798. The standard InChI is InChI=1S/C11H20O5/c1-10(2)8-11(9(13)14,4-7-15-10)16-6-3-5-12/h12H,3-8H2,1-2H3,(H,13,14). The third-order valence-electron chi connectivity index (χ3n) is 2.78. The summed E-state index contributed by atoms with van der Waals surface area (Å²) in [7, 11) is 0. The molecule has 1 aliphatic heterocycles. The normalized spacial score (nSPS) is 28.9. The Hall–Kier alpha value is -0.650. The molecule has 0 saturated carbocycles. The van der Waals surface area contributed by atoms with E-state index < -0.39 is 17.2 Å². The molecule has 1 unspecified atom stereocenters. The Morgan fingerprint density at radius 1 is 1.50 bits per heavy atom. The van der Waals surface area contributed by atoms with Crippen LogP contribution in [-0.2, 0) is 14.3 Å². The van der Waals surface area contributed by atoms with Gasteiger partial charge in [0.25, 0.3) is 0 Å². The zero-order valence-corrected chi connectivity index (χ0v) is 9.86. The minimum Gasteiger partial charge on any atom is -0.479 e. The van der Waals surface area contributed by atoms with Gasteiger partial charge in [-0.3, -0.25) is 0 Å². The Balaban J connectivity index is 2.68. The highest BCUT2D eigenvalue weighted by Gasteiger charge is 2.47. The molecule has 0 spiro atoms. The SMILES string of the molecule is CC1(C)CC(OCCCO)(C(=O)O)CCO1. The Morgan fingerprint density at radius 2 is 2.19 bits per heavy atom. The molecule has 1 aliphatic rings.